The Bertz CT molecular complexity index is 538. The molecule has 6 nitrogen and oxygen atoms in total. The van der Waals surface area contributed by atoms with Crippen LogP contribution in [0.2, 0.25) is 0 Å². The Balaban J connectivity index is 2.04. The number of benzene rings is 1. The molecule has 6 heteroatoms. The molecule has 1 amide bonds. The summed E-state index contributed by atoms with van der Waals surface area (Å²) in [4.78, 5) is 11.3. The molecule has 1 unspecified atom stereocenters. The van der Waals surface area contributed by atoms with Gasteiger partial charge >= 0.3 is 0 Å². The minimum Gasteiger partial charge on any atom is -0.482 e. The second kappa shape index (κ2) is 5.81. The molecule has 1 aromatic rings. The van der Waals surface area contributed by atoms with Gasteiger partial charge in [0.05, 0.1) is 23.2 Å². The number of hydrogen-bond donors (Lipinski definition) is 4. The van der Waals surface area contributed by atoms with Crippen molar-refractivity contribution in [3.63, 3.8) is 0 Å². The van der Waals surface area contributed by atoms with Gasteiger partial charge in [-0.3, -0.25) is 4.79 Å². The number of ether oxygens (including phenoxy) is 1. The summed E-state index contributed by atoms with van der Waals surface area (Å²) < 4.78 is 5.29. The van der Waals surface area contributed by atoms with E-state index in [9.17, 15) is 9.90 Å². The van der Waals surface area contributed by atoms with Crippen molar-refractivity contribution in [1.82, 2.24) is 0 Å². The summed E-state index contributed by atoms with van der Waals surface area (Å²) in [5.41, 5.74) is 7.80. The molecule has 1 aliphatic rings. The first-order chi connectivity index (χ1) is 9.74. The second-order valence-corrected chi connectivity index (χ2v) is 6.57. The van der Waals surface area contributed by atoms with Crippen molar-refractivity contribution < 1.29 is 14.6 Å². The number of nitrogens with one attached hydrogen (secondary N) is 2. The summed E-state index contributed by atoms with van der Waals surface area (Å²) in [6.45, 7) is 6.64. The van der Waals surface area contributed by atoms with E-state index in [0.29, 0.717) is 35.8 Å². The molecule has 0 fully saturated rings. The molecule has 116 valence electrons. The number of nitrogen functional groups attached to an aromatic ring is 1. The Morgan fingerprint density at radius 1 is 1.48 bits per heavy atom. The molecular formula is C15H23N3O3. The van der Waals surface area contributed by atoms with Gasteiger partial charge in [0.25, 0.3) is 5.91 Å². The number of fused-ring (bicyclic) bond motifs is 1. The number of amides is 1. The Morgan fingerprint density at radius 2 is 2.19 bits per heavy atom. The molecule has 0 saturated carbocycles. The van der Waals surface area contributed by atoms with Crippen molar-refractivity contribution in [2.75, 3.05) is 29.5 Å². The number of carbonyl (C=O) groups is 1. The zero-order valence-corrected chi connectivity index (χ0v) is 12.7. The summed E-state index contributed by atoms with van der Waals surface area (Å²) in [7, 11) is 0. The number of hydrogen-bond acceptors (Lipinski definition) is 5. The molecule has 0 radical (unpaired) electrons. The van der Waals surface area contributed by atoms with Crippen LogP contribution in [-0.2, 0) is 4.79 Å². The molecule has 0 aromatic heterocycles. The number of aliphatic hydroxyl groups is 1. The first-order valence-electron chi connectivity index (χ1n) is 7.03. The molecule has 0 bridgehead atoms. The number of rotatable bonds is 4. The average Bonchev–Trinajstić information content (AvgIpc) is 2.34. The van der Waals surface area contributed by atoms with E-state index in [-0.39, 0.29) is 17.9 Å². The Labute approximate surface area is 124 Å². The fraction of sp³-hybridized carbons (Fsp3) is 0.533. The van der Waals surface area contributed by atoms with Crippen molar-refractivity contribution in [1.29, 1.82) is 0 Å². The molecule has 0 spiro atoms. The van der Waals surface area contributed by atoms with Crippen LogP contribution in [0.4, 0.5) is 17.1 Å². The molecule has 0 saturated heterocycles. The lowest BCUT2D eigenvalue weighted by Crippen LogP contribution is -2.27. The topological polar surface area (TPSA) is 96.6 Å². The van der Waals surface area contributed by atoms with Gasteiger partial charge in [-0.1, -0.05) is 20.8 Å². The highest BCUT2D eigenvalue weighted by Crippen LogP contribution is 2.35. The predicted octanol–water partition coefficient (Wildman–Crippen LogP) is 1.81. The van der Waals surface area contributed by atoms with Gasteiger partial charge in [-0.05, 0) is 17.9 Å². The van der Waals surface area contributed by atoms with Crippen molar-refractivity contribution in [2.24, 2.45) is 5.41 Å². The molecule has 1 aliphatic heterocycles. The number of carbonyl (C=O) groups excluding carboxylic acids is 1. The van der Waals surface area contributed by atoms with E-state index in [0.717, 1.165) is 0 Å². The van der Waals surface area contributed by atoms with Crippen LogP contribution in [0.5, 0.6) is 5.75 Å². The zero-order valence-electron chi connectivity index (χ0n) is 12.7. The SMILES string of the molecule is CC(C)(C)CC(O)CNc1cc2c(cc1N)OCC(=O)N2. The zero-order chi connectivity index (χ0) is 15.6. The highest BCUT2D eigenvalue weighted by atomic mass is 16.5. The molecule has 0 aliphatic carbocycles. The molecular weight excluding hydrogens is 270 g/mol. The van der Waals surface area contributed by atoms with E-state index in [2.05, 4.69) is 31.4 Å². The monoisotopic (exact) mass is 293 g/mol. The lowest BCUT2D eigenvalue weighted by molar-refractivity contribution is -0.118. The third-order valence-corrected chi connectivity index (χ3v) is 3.16. The maximum atomic E-state index is 11.3. The van der Waals surface area contributed by atoms with Crippen LogP contribution in [0.3, 0.4) is 0 Å². The molecule has 2 rings (SSSR count). The minimum absolute atomic E-state index is 0.00348. The summed E-state index contributed by atoms with van der Waals surface area (Å²) in [5.74, 6) is 0.374. The van der Waals surface area contributed by atoms with E-state index >= 15 is 0 Å². The first-order valence-corrected chi connectivity index (χ1v) is 7.03. The van der Waals surface area contributed by atoms with Crippen LogP contribution >= 0.6 is 0 Å². The highest BCUT2D eigenvalue weighted by molar-refractivity contribution is 5.97. The standard InChI is InChI=1S/C15H23N3O3/c1-15(2,3)6-9(19)7-17-11-5-12-13(4-10(11)16)21-8-14(20)18-12/h4-5,9,17,19H,6-8,16H2,1-3H3,(H,18,20). The van der Waals surface area contributed by atoms with Crippen LogP contribution in [-0.4, -0.2) is 30.3 Å². The van der Waals surface area contributed by atoms with Gasteiger partial charge in [0.15, 0.2) is 6.61 Å². The van der Waals surface area contributed by atoms with E-state index < -0.39 is 6.10 Å². The highest BCUT2D eigenvalue weighted by Gasteiger charge is 2.19. The van der Waals surface area contributed by atoms with Gasteiger partial charge in [0, 0.05) is 12.6 Å². The summed E-state index contributed by atoms with van der Waals surface area (Å²) >= 11 is 0. The summed E-state index contributed by atoms with van der Waals surface area (Å²) in [6.07, 6.45) is 0.219. The predicted molar refractivity (Wildman–Crippen MR) is 83.5 cm³/mol. The molecule has 1 atom stereocenters. The molecule has 1 heterocycles. The molecule has 5 N–H and O–H groups in total. The molecule has 21 heavy (non-hydrogen) atoms. The maximum absolute atomic E-state index is 11.3. The van der Waals surface area contributed by atoms with E-state index in [1.54, 1.807) is 12.1 Å². The van der Waals surface area contributed by atoms with Gasteiger partial charge in [-0.2, -0.15) is 0 Å². The fourth-order valence-electron chi connectivity index (χ4n) is 2.30. The van der Waals surface area contributed by atoms with Crippen LogP contribution < -0.4 is 21.1 Å². The van der Waals surface area contributed by atoms with Crippen molar-refractivity contribution in [2.45, 2.75) is 33.3 Å². The van der Waals surface area contributed by atoms with E-state index in [1.807, 2.05) is 0 Å². The van der Waals surface area contributed by atoms with E-state index in [1.165, 1.54) is 0 Å². The lowest BCUT2D eigenvalue weighted by Gasteiger charge is -2.24. The van der Waals surface area contributed by atoms with Crippen LogP contribution in [0, 0.1) is 5.41 Å². The van der Waals surface area contributed by atoms with Crippen LogP contribution in [0.25, 0.3) is 0 Å². The first kappa shape index (κ1) is 15.4. The van der Waals surface area contributed by atoms with Crippen LogP contribution in [0.1, 0.15) is 27.2 Å². The van der Waals surface area contributed by atoms with E-state index in [4.69, 9.17) is 10.5 Å². The average molecular weight is 293 g/mol. The number of aliphatic hydroxyl groups excluding tert-OH is 1. The third kappa shape index (κ3) is 4.26. The van der Waals surface area contributed by atoms with Gasteiger partial charge in [-0.15, -0.1) is 0 Å². The minimum atomic E-state index is -0.466. The quantitative estimate of drug-likeness (QED) is 0.635. The van der Waals surface area contributed by atoms with Crippen LogP contribution in [0.15, 0.2) is 12.1 Å². The normalized spacial score (nSPS) is 15.7. The largest absolute Gasteiger partial charge is 0.482 e. The maximum Gasteiger partial charge on any atom is 0.262 e. The fourth-order valence-corrected chi connectivity index (χ4v) is 2.30. The second-order valence-electron chi connectivity index (χ2n) is 6.57. The van der Waals surface area contributed by atoms with Gasteiger partial charge in [0.2, 0.25) is 0 Å². The van der Waals surface area contributed by atoms with Crippen molar-refractivity contribution in [3.05, 3.63) is 12.1 Å². The van der Waals surface area contributed by atoms with Gasteiger partial charge in [-0.25, -0.2) is 0 Å². The summed E-state index contributed by atoms with van der Waals surface area (Å²) in [5, 5.41) is 15.9. The van der Waals surface area contributed by atoms with Gasteiger partial charge in [0.1, 0.15) is 5.75 Å². The number of anilines is 3. The van der Waals surface area contributed by atoms with Crippen molar-refractivity contribution >= 4 is 23.0 Å². The molecule has 1 aromatic carbocycles. The Morgan fingerprint density at radius 3 is 2.86 bits per heavy atom. The van der Waals surface area contributed by atoms with Crippen molar-refractivity contribution in [3.8, 4) is 5.75 Å². The van der Waals surface area contributed by atoms with Gasteiger partial charge < -0.3 is 26.2 Å². The third-order valence-electron chi connectivity index (χ3n) is 3.16. The smallest absolute Gasteiger partial charge is 0.262 e. The number of nitrogens with two attached hydrogens (primary N) is 1. The summed E-state index contributed by atoms with van der Waals surface area (Å²) in [6, 6.07) is 3.40. The lowest BCUT2D eigenvalue weighted by atomic mass is 9.89. The Kier molecular flexibility index (Phi) is 4.27. The Hall–Kier alpha value is -1.95.